The summed E-state index contributed by atoms with van der Waals surface area (Å²) < 4.78 is 11.1. The van der Waals surface area contributed by atoms with Crippen molar-refractivity contribution in [2.24, 2.45) is 50.2 Å². The Hall–Kier alpha value is -2.93. The van der Waals surface area contributed by atoms with Crippen molar-refractivity contribution in [3.63, 3.8) is 0 Å². The molecule has 1 unspecified atom stereocenters. The fraction of sp³-hybridized carbons (Fsp3) is 0.683. The van der Waals surface area contributed by atoms with Gasteiger partial charge in [-0.3, -0.25) is 9.59 Å². The lowest BCUT2D eigenvalue weighted by Crippen LogP contribution is -2.66. The number of aliphatic hydroxyl groups is 1. The average molecular weight is 657 g/mol. The fourth-order valence-corrected chi connectivity index (χ4v) is 12.1. The Labute approximate surface area is 286 Å². The van der Waals surface area contributed by atoms with Gasteiger partial charge in [-0.1, -0.05) is 71.3 Å². The highest BCUT2D eigenvalue weighted by Gasteiger charge is 2.70. The summed E-state index contributed by atoms with van der Waals surface area (Å²) in [5, 5.41) is 18.5. The third kappa shape index (κ3) is 4.65. The van der Waals surface area contributed by atoms with Crippen molar-refractivity contribution in [3.05, 3.63) is 47.7 Å². The molecule has 2 aromatic rings. The Morgan fingerprint density at radius 2 is 1.73 bits per heavy atom. The lowest BCUT2D eigenvalue weighted by molar-refractivity contribution is -0.202. The van der Waals surface area contributed by atoms with Crippen molar-refractivity contribution < 1.29 is 24.0 Å². The molecule has 0 radical (unpaired) electrons. The van der Waals surface area contributed by atoms with E-state index in [4.69, 9.17) is 9.26 Å². The zero-order chi connectivity index (χ0) is 34.5. The number of carbonyl (C=O) groups is 2. The topological polar surface area (TPSA) is 102 Å². The van der Waals surface area contributed by atoms with Gasteiger partial charge in [0.05, 0.1) is 19.8 Å². The molecule has 0 spiro atoms. The molecule has 4 fully saturated rings. The summed E-state index contributed by atoms with van der Waals surface area (Å²) in [5.74, 6) is 2.10. The minimum absolute atomic E-state index is 0.0370. The van der Waals surface area contributed by atoms with Crippen LogP contribution in [0.5, 0.6) is 5.75 Å². The third-order valence-corrected chi connectivity index (χ3v) is 15.5. The number of hydrogen-bond acceptors (Lipinski definition) is 6. The van der Waals surface area contributed by atoms with Gasteiger partial charge in [-0.15, -0.1) is 0 Å². The number of methoxy groups -OCH3 is 1. The van der Waals surface area contributed by atoms with E-state index in [1.54, 1.807) is 7.11 Å². The average Bonchev–Trinajstić information content (AvgIpc) is 3.52. The van der Waals surface area contributed by atoms with Gasteiger partial charge >= 0.3 is 0 Å². The number of para-hydroxylation sites is 1. The van der Waals surface area contributed by atoms with Crippen LogP contribution in [-0.2, 0) is 16.1 Å². The minimum Gasteiger partial charge on any atom is -0.496 e. The summed E-state index contributed by atoms with van der Waals surface area (Å²) in [6, 6.07) is 9.55. The molecule has 7 nitrogen and oxygen atoms in total. The second-order valence-corrected chi connectivity index (χ2v) is 18.2. The first kappa shape index (κ1) is 33.6. The number of nitrogens with zero attached hydrogens (tertiary/aromatic N) is 1. The quantitative estimate of drug-likeness (QED) is 0.336. The minimum atomic E-state index is -0.553. The van der Waals surface area contributed by atoms with Crippen LogP contribution in [0.2, 0.25) is 0 Å². The maximum absolute atomic E-state index is 14.6. The highest BCUT2D eigenvalue weighted by Crippen LogP contribution is 2.75. The summed E-state index contributed by atoms with van der Waals surface area (Å²) in [6.45, 7) is 16.5. The predicted octanol–water partition coefficient (Wildman–Crippen LogP) is 8.31. The SMILES string of the molecule is COc1ccccc1-c1cc(CNC(=O)[C@@]2(C)CC[C@]3(C)CC[C@]4(C)C(=CC(=O)[C@@H]5[C@@]6(C)CC[C@H](O)C(C)(C)C6CC[C@]54C)[C@H]3C2)on1. The number of nitrogens with one attached hydrogen (secondary N) is 1. The molecule has 7 heteroatoms. The summed E-state index contributed by atoms with van der Waals surface area (Å²) in [6.07, 6.45) is 10.2. The Morgan fingerprint density at radius 1 is 1.00 bits per heavy atom. The normalized spacial score (nSPS) is 41.6. The molecule has 1 aromatic heterocycles. The molecule has 5 aliphatic rings. The number of aromatic nitrogens is 1. The van der Waals surface area contributed by atoms with E-state index in [1.807, 2.05) is 30.3 Å². The Bertz CT molecular complexity index is 1660. The van der Waals surface area contributed by atoms with E-state index in [9.17, 15) is 14.7 Å². The second-order valence-electron chi connectivity index (χ2n) is 18.2. The van der Waals surface area contributed by atoms with Crippen LogP contribution in [0, 0.1) is 50.2 Å². The molecule has 5 aliphatic carbocycles. The summed E-state index contributed by atoms with van der Waals surface area (Å²) in [5.41, 5.74) is 1.76. The van der Waals surface area contributed by atoms with Crippen LogP contribution >= 0.6 is 0 Å². The second kappa shape index (κ2) is 11.0. The van der Waals surface area contributed by atoms with Crippen LogP contribution < -0.4 is 10.1 Å². The number of ketones is 1. The number of carbonyl (C=O) groups excluding carboxylic acids is 2. The van der Waals surface area contributed by atoms with Gasteiger partial charge in [0, 0.05) is 23.0 Å². The van der Waals surface area contributed by atoms with Gasteiger partial charge in [0.25, 0.3) is 0 Å². The van der Waals surface area contributed by atoms with Crippen LogP contribution in [-0.4, -0.2) is 35.2 Å². The van der Waals surface area contributed by atoms with Gasteiger partial charge in [0.2, 0.25) is 5.91 Å². The molecular weight excluding hydrogens is 600 g/mol. The summed E-state index contributed by atoms with van der Waals surface area (Å²) >= 11 is 0. The standard InChI is InChI=1S/C41H56N2O5/c1-36(2)32-13-16-41(7)34(39(32,5)15-14-33(36)45)30(44)22-27-28-23-38(4,18-17-37(28,3)19-20-40(27,41)6)35(46)42-24-25-21-29(43-48-25)26-11-9-10-12-31(26)47-8/h9-12,21-22,28,32-34,45H,13-20,23-24H2,1-8H3,(H,42,46)/t28-,32?,33+,34-,37-,38+,39+,40-,41-/m1/s1. The fourth-order valence-electron chi connectivity index (χ4n) is 12.1. The van der Waals surface area contributed by atoms with E-state index in [2.05, 4.69) is 65.0 Å². The molecule has 1 aromatic carbocycles. The number of rotatable bonds is 5. The van der Waals surface area contributed by atoms with Crippen LogP contribution in [0.3, 0.4) is 0 Å². The van der Waals surface area contributed by atoms with E-state index in [0.29, 0.717) is 23.2 Å². The van der Waals surface area contributed by atoms with Gasteiger partial charge in [-0.05, 0) is 115 Å². The molecule has 0 bridgehead atoms. The van der Waals surface area contributed by atoms with Crippen LogP contribution in [0.4, 0.5) is 0 Å². The molecule has 7 rings (SSSR count). The van der Waals surface area contributed by atoms with Crippen LogP contribution in [0.15, 0.2) is 46.5 Å². The van der Waals surface area contributed by atoms with Crippen molar-refractivity contribution >= 4 is 11.7 Å². The molecule has 2 N–H and O–H groups in total. The van der Waals surface area contributed by atoms with Crippen molar-refractivity contribution in [2.45, 2.75) is 119 Å². The van der Waals surface area contributed by atoms with E-state index in [0.717, 1.165) is 69.1 Å². The zero-order valence-corrected chi connectivity index (χ0v) is 30.4. The lowest BCUT2D eigenvalue weighted by atomic mass is 9.33. The van der Waals surface area contributed by atoms with Gasteiger partial charge in [-0.2, -0.15) is 0 Å². The first-order valence-electron chi connectivity index (χ1n) is 18.3. The van der Waals surface area contributed by atoms with Gasteiger partial charge in [0.1, 0.15) is 11.4 Å². The lowest BCUT2D eigenvalue weighted by Gasteiger charge is -2.70. The number of benzene rings is 1. The number of hydrogen-bond donors (Lipinski definition) is 2. The molecular formula is C41H56N2O5. The largest absolute Gasteiger partial charge is 0.496 e. The molecule has 4 saturated carbocycles. The highest BCUT2D eigenvalue weighted by molar-refractivity contribution is 5.95. The first-order valence-corrected chi connectivity index (χ1v) is 18.3. The van der Waals surface area contributed by atoms with Crippen molar-refractivity contribution in [1.29, 1.82) is 0 Å². The zero-order valence-electron chi connectivity index (χ0n) is 30.4. The van der Waals surface area contributed by atoms with Gasteiger partial charge in [-0.25, -0.2) is 0 Å². The maximum atomic E-state index is 14.6. The number of amides is 1. The Kier molecular flexibility index (Phi) is 7.72. The summed E-state index contributed by atoms with van der Waals surface area (Å²) in [7, 11) is 1.64. The molecule has 260 valence electrons. The Balaban J connectivity index is 1.14. The molecule has 1 amide bonds. The number of allylic oxidation sites excluding steroid dienone is 2. The van der Waals surface area contributed by atoms with Crippen molar-refractivity contribution in [2.75, 3.05) is 7.11 Å². The monoisotopic (exact) mass is 656 g/mol. The van der Waals surface area contributed by atoms with Crippen LogP contribution in [0.1, 0.15) is 112 Å². The predicted molar refractivity (Wildman–Crippen MR) is 186 cm³/mol. The van der Waals surface area contributed by atoms with E-state index in [-0.39, 0.29) is 57.5 Å². The molecule has 0 saturated heterocycles. The van der Waals surface area contributed by atoms with Gasteiger partial charge < -0.3 is 19.7 Å². The van der Waals surface area contributed by atoms with E-state index in [1.165, 1.54) is 5.57 Å². The van der Waals surface area contributed by atoms with E-state index < -0.39 is 5.41 Å². The van der Waals surface area contributed by atoms with Crippen molar-refractivity contribution in [1.82, 2.24) is 10.5 Å². The summed E-state index contributed by atoms with van der Waals surface area (Å²) in [4.78, 5) is 28.7. The van der Waals surface area contributed by atoms with E-state index >= 15 is 0 Å². The molecule has 48 heavy (non-hydrogen) atoms. The van der Waals surface area contributed by atoms with Crippen LogP contribution in [0.25, 0.3) is 11.3 Å². The maximum Gasteiger partial charge on any atom is 0.226 e. The smallest absolute Gasteiger partial charge is 0.226 e. The molecule has 9 atom stereocenters. The molecule has 0 aliphatic heterocycles. The number of aliphatic hydroxyl groups excluding tert-OH is 1. The highest BCUT2D eigenvalue weighted by atomic mass is 16.5. The van der Waals surface area contributed by atoms with Gasteiger partial charge in [0.15, 0.2) is 11.5 Å². The Morgan fingerprint density at radius 3 is 2.48 bits per heavy atom. The van der Waals surface area contributed by atoms with Crippen molar-refractivity contribution in [3.8, 4) is 17.0 Å². The third-order valence-electron chi connectivity index (χ3n) is 15.5. The number of fused-ring (bicyclic) bond motifs is 7. The molecule has 1 heterocycles. The first-order chi connectivity index (χ1) is 22.5. The number of ether oxygens (including phenoxy) is 1.